The maximum absolute atomic E-state index is 5.15. The summed E-state index contributed by atoms with van der Waals surface area (Å²) in [7, 11) is 0. The van der Waals surface area contributed by atoms with Gasteiger partial charge in [0, 0.05) is 5.56 Å². The fraction of sp³-hybridized carbons (Fsp3) is 0.111. The van der Waals surface area contributed by atoms with Crippen molar-refractivity contribution in [1.29, 1.82) is 0 Å². The number of rotatable bonds is 0. The normalized spacial score (nSPS) is 7.60. The summed E-state index contributed by atoms with van der Waals surface area (Å²) in [5.41, 5.74) is 2.19. The average molecular weight is 124 g/mol. The van der Waals surface area contributed by atoms with Crippen LogP contribution < -0.4 is 0 Å². The zero-order chi connectivity index (χ0) is 6.69. The number of benzene rings is 1. The molecular weight excluding hydrogens is 115 g/mol. The van der Waals surface area contributed by atoms with Crippen molar-refractivity contribution in [3.8, 4) is 12.3 Å². The SMILES string of the molecule is C#Cc1ccc(C)cc1.[LiH]. The standard InChI is InChI=1S/C9H8.Li.H/c1-3-9-6-4-8(2)5-7-9;;/h1,4-7H,2H3;;. The minimum atomic E-state index is 0. The van der Waals surface area contributed by atoms with Gasteiger partial charge in [-0.3, -0.25) is 0 Å². The van der Waals surface area contributed by atoms with Gasteiger partial charge in [0.25, 0.3) is 0 Å². The van der Waals surface area contributed by atoms with Gasteiger partial charge in [-0.1, -0.05) is 23.6 Å². The van der Waals surface area contributed by atoms with Crippen molar-refractivity contribution in [3.05, 3.63) is 35.4 Å². The molecule has 46 valence electrons. The van der Waals surface area contributed by atoms with Crippen molar-refractivity contribution < 1.29 is 0 Å². The number of terminal acetylenes is 1. The Morgan fingerprint density at radius 2 is 1.70 bits per heavy atom. The average Bonchev–Trinajstić information content (AvgIpc) is 1.90. The zero-order valence-electron chi connectivity index (χ0n) is 5.39. The third-order valence-electron chi connectivity index (χ3n) is 1.22. The molecule has 1 heteroatoms. The van der Waals surface area contributed by atoms with Crippen molar-refractivity contribution in [3.63, 3.8) is 0 Å². The topological polar surface area (TPSA) is 0 Å². The molecule has 0 aliphatic carbocycles. The van der Waals surface area contributed by atoms with E-state index in [1.54, 1.807) is 0 Å². The Morgan fingerprint density at radius 3 is 2.10 bits per heavy atom. The van der Waals surface area contributed by atoms with E-state index >= 15 is 0 Å². The van der Waals surface area contributed by atoms with Crippen LogP contribution in [0, 0.1) is 19.3 Å². The fourth-order valence-electron chi connectivity index (χ4n) is 0.650. The minimum absolute atomic E-state index is 0. The molecule has 1 aromatic rings. The molecule has 0 saturated carbocycles. The Hall–Kier alpha value is -0.623. The first-order valence-electron chi connectivity index (χ1n) is 2.86. The molecule has 0 bridgehead atoms. The van der Waals surface area contributed by atoms with Gasteiger partial charge in [0.1, 0.15) is 0 Å². The Labute approximate surface area is 73.8 Å². The Balaban J connectivity index is 0.000000810. The second-order valence-corrected chi connectivity index (χ2v) is 2.01. The number of hydrogen-bond acceptors (Lipinski definition) is 0. The Kier molecular flexibility index (Phi) is 3.97. The van der Waals surface area contributed by atoms with E-state index in [-0.39, 0.29) is 18.9 Å². The van der Waals surface area contributed by atoms with E-state index in [0.29, 0.717) is 0 Å². The Morgan fingerprint density at radius 1 is 1.20 bits per heavy atom. The van der Waals surface area contributed by atoms with E-state index in [4.69, 9.17) is 6.42 Å². The van der Waals surface area contributed by atoms with Crippen molar-refractivity contribution in [1.82, 2.24) is 0 Å². The van der Waals surface area contributed by atoms with Crippen molar-refractivity contribution in [2.45, 2.75) is 6.92 Å². The molecule has 1 aromatic carbocycles. The van der Waals surface area contributed by atoms with Gasteiger partial charge in [-0.15, -0.1) is 6.42 Å². The summed E-state index contributed by atoms with van der Waals surface area (Å²) in [6, 6.07) is 7.90. The van der Waals surface area contributed by atoms with E-state index in [1.807, 2.05) is 31.2 Å². The van der Waals surface area contributed by atoms with Gasteiger partial charge in [0.15, 0.2) is 0 Å². The number of aryl methyl sites for hydroxylation is 1. The van der Waals surface area contributed by atoms with Crippen LogP contribution in [0.1, 0.15) is 11.1 Å². The molecule has 10 heavy (non-hydrogen) atoms. The molecule has 0 aliphatic heterocycles. The van der Waals surface area contributed by atoms with E-state index in [9.17, 15) is 0 Å². The molecule has 0 fully saturated rings. The van der Waals surface area contributed by atoms with Crippen LogP contribution in [-0.2, 0) is 0 Å². The van der Waals surface area contributed by atoms with Gasteiger partial charge in [0.05, 0.1) is 0 Å². The molecule has 0 heterocycles. The van der Waals surface area contributed by atoms with Crippen LogP contribution in [0.3, 0.4) is 0 Å². The molecule has 0 unspecified atom stereocenters. The molecule has 0 saturated heterocycles. The molecule has 0 N–H and O–H groups in total. The van der Waals surface area contributed by atoms with E-state index in [0.717, 1.165) is 5.56 Å². The van der Waals surface area contributed by atoms with Crippen LogP contribution in [0.5, 0.6) is 0 Å². The van der Waals surface area contributed by atoms with Crippen LogP contribution in [0.4, 0.5) is 0 Å². The van der Waals surface area contributed by atoms with E-state index in [2.05, 4.69) is 5.92 Å². The van der Waals surface area contributed by atoms with Crippen LogP contribution >= 0.6 is 0 Å². The van der Waals surface area contributed by atoms with Gasteiger partial charge in [-0.2, -0.15) is 0 Å². The first-order valence-corrected chi connectivity index (χ1v) is 2.86. The summed E-state index contributed by atoms with van der Waals surface area (Å²) in [5.74, 6) is 2.55. The summed E-state index contributed by atoms with van der Waals surface area (Å²) in [6.07, 6.45) is 5.15. The molecule has 1 rings (SSSR count). The second kappa shape index (κ2) is 4.23. The van der Waals surface area contributed by atoms with Gasteiger partial charge < -0.3 is 0 Å². The summed E-state index contributed by atoms with van der Waals surface area (Å²) in [5, 5.41) is 0. The van der Waals surface area contributed by atoms with E-state index in [1.165, 1.54) is 5.56 Å². The fourth-order valence-corrected chi connectivity index (χ4v) is 0.650. The summed E-state index contributed by atoms with van der Waals surface area (Å²) in [6.45, 7) is 2.04. The first-order chi connectivity index (χ1) is 4.33. The van der Waals surface area contributed by atoms with Gasteiger partial charge >= 0.3 is 18.9 Å². The molecule has 0 radical (unpaired) electrons. The Bertz CT molecular complexity index is 228. The van der Waals surface area contributed by atoms with Crippen LogP contribution in [0.25, 0.3) is 0 Å². The summed E-state index contributed by atoms with van der Waals surface area (Å²) < 4.78 is 0. The van der Waals surface area contributed by atoms with Crippen molar-refractivity contribution in [2.24, 2.45) is 0 Å². The molecule has 0 amide bonds. The summed E-state index contributed by atoms with van der Waals surface area (Å²) in [4.78, 5) is 0. The maximum atomic E-state index is 5.15. The molecule has 0 atom stereocenters. The first kappa shape index (κ1) is 9.38. The van der Waals surface area contributed by atoms with Crippen molar-refractivity contribution in [2.75, 3.05) is 0 Å². The van der Waals surface area contributed by atoms with Crippen molar-refractivity contribution >= 4 is 18.9 Å². The van der Waals surface area contributed by atoms with Crippen LogP contribution in [0.15, 0.2) is 24.3 Å². The van der Waals surface area contributed by atoms with Gasteiger partial charge in [-0.05, 0) is 19.1 Å². The quantitative estimate of drug-likeness (QED) is 0.361. The molecular formula is C9H9Li. The molecule has 0 nitrogen and oxygen atoms in total. The molecule has 0 aliphatic rings. The zero-order valence-corrected chi connectivity index (χ0v) is 5.39. The third-order valence-corrected chi connectivity index (χ3v) is 1.22. The van der Waals surface area contributed by atoms with Gasteiger partial charge in [-0.25, -0.2) is 0 Å². The van der Waals surface area contributed by atoms with Crippen LogP contribution in [-0.4, -0.2) is 18.9 Å². The molecule has 0 aromatic heterocycles. The second-order valence-electron chi connectivity index (χ2n) is 2.01. The monoisotopic (exact) mass is 124 g/mol. The third kappa shape index (κ3) is 2.32. The molecule has 0 spiro atoms. The number of hydrogen-bond donors (Lipinski definition) is 0. The van der Waals surface area contributed by atoms with E-state index < -0.39 is 0 Å². The summed E-state index contributed by atoms with van der Waals surface area (Å²) >= 11 is 0. The van der Waals surface area contributed by atoms with Crippen LogP contribution in [0.2, 0.25) is 0 Å². The predicted octanol–water partition coefficient (Wildman–Crippen LogP) is 1.33. The van der Waals surface area contributed by atoms with Gasteiger partial charge in [0.2, 0.25) is 0 Å². The predicted molar refractivity (Wildman–Crippen MR) is 46.3 cm³/mol.